The number of carboxylic acid groups (broad SMARTS) is 1. The van der Waals surface area contributed by atoms with Crippen molar-refractivity contribution in [3.63, 3.8) is 0 Å². The summed E-state index contributed by atoms with van der Waals surface area (Å²) >= 11 is 0. The Balaban J connectivity index is 2.28. The number of anilines is 3. The third-order valence-corrected chi connectivity index (χ3v) is 2.85. The first-order valence-electron chi connectivity index (χ1n) is 5.91. The molecule has 0 aliphatic heterocycles. The molecule has 2 rings (SSSR count). The van der Waals surface area contributed by atoms with Gasteiger partial charge in [-0.1, -0.05) is 0 Å². The Bertz CT molecular complexity index is 656. The fourth-order valence-electron chi connectivity index (χ4n) is 1.73. The second-order valence-corrected chi connectivity index (χ2v) is 4.27. The summed E-state index contributed by atoms with van der Waals surface area (Å²) in [5.41, 5.74) is 7.93. The van der Waals surface area contributed by atoms with E-state index in [2.05, 4.69) is 10.3 Å². The number of carbonyl (C=O) groups is 1. The SMILES string of the molecule is COc1ccc(Nc2ncc(C(=O)O)cc2N)c(C)c1. The van der Waals surface area contributed by atoms with Crippen molar-refractivity contribution in [1.82, 2.24) is 4.98 Å². The number of pyridine rings is 1. The first-order valence-corrected chi connectivity index (χ1v) is 5.91. The molecule has 0 radical (unpaired) electrons. The minimum absolute atomic E-state index is 0.0551. The first-order chi connectivity index (χ1) is 9.51. The van der Waals surface area contributed by atoms with Crippen LogP contribution in [0.2, 0.25) is 0 Å². The van der Waals surface area contributed by atoms with Crippen molar-refractivity contribution in [2.45, 2.75) is 6.92 Å². The van der Waals surface area contributed by atoms with E-state index in [0.717, 1.165) is 17.0 Å². The molecule has 104 valence electrons. The minimum atomic E-state index is -1.06. The molecule has 1 aromatic heterocycles. The molecule has 0 atom stereocenters. The molecule has 0 saturated heterocycles. The third kappa shape index (κ3) is 2.80. The van der Waals surface area contributed by atoms with Gasteiger partial charge in [0, 0.05) is 11.9 Å². The summed E-state index contributed by atoms with van der Waals surface area (Å²) in [6.45, 7) is 1.92. The van der Waals surface area contributed by atoms with Crippen LogP contribution in [0.15, 0.2) is 30.5 Å². The Morgan fingerprint density at radius 3 is 2.70 bits per heavy atom. The molecular weight excluding hydrogens is 258 g/mol. The molecule has 1 aromatic carbocycles. The number of carboxylic acids is 1. The van der Waals surface area contributed by atoms with E-state index in [1.807, 2.05) is 25.1 Å². The minimum Gasteiger partial charge on any atom is -0.497 e. The standard InChI is InChI=1S/C14H15N3O3/c1-8-5-10(20-2)3-4-12(8)17-13-11(15)6-9(7-16-13)14(18)19/h3-7H,15H2,1-2H3,(H,16,17)(H,18,19). The Kier molecular flexibility index (Phi) is 3.74. The molecule has 20 heavy (non-hydrogen) atoms. The number of rotatable bonds is 4. The van der Waals surface area contributed by atoms with Crippen LogP contribution in [-0.2, 0) is 0 Å². The van der Waals surface area contributed by atoms with Crippen molar-refractivity contribution in [3.05, 3.63) is 41.6 Å². The summed E-state index contributed by atoms with van der Waals surface area (Å²) in [6, 6.07) is 6.91. The number of methoxy groups -OCH3 is 1. The number of nitrogen functional groups attached to an aromatic ring is 1. The van der Waals surface area contributed by atoms with Gasteiger partial charge in [-0.15, -0.1) is 0 Å². The predicted molar refractivity (Wildman–Crippen MR) is 76.6 cm³/mol. The fraction of sp³-hybridized carbons (Fsp3) is 0.143. The van der Waals surface area contributed by atoms with Gasteiger partial charge in [0.1, 0.15) is 5.75 Å². The van der Waals surface area contributed by atoms with E-state index in [1.54, 1.807) is 7.11 Å². The maximum Gasteiger partial charge on any atom is 0.337 e. The zero-order valence-electron chi connectivity index (χ0n) is 11.2. The molecule has 2 aromatic rings. The highest BCUT2D eigenvalue weighted by atomic mass is 16.5. The second kappa shape index (κ2) is 5.48. The Labute approximate surface area is 116 Å². The van der Waals surface area contributed by atoms with Crippen molar-refractivity contribution in [2.24, 2.45) is 0 Å². The summed E-state index contributed by atoms with van der Waals surface area (Å²) in [6.07, 6.45) is 1.26. The largest absolute Gasteiger partial charge is 0.497 e. The third-order valence-electron chi connectivity index (χ3n) is 2.85. The van der Waals surface area contributed by atoms with Crippen molar-refractivity contribution in [2.75, 3.05) is 18.2 Å². The molecule has 0 fully saturated rings. The van der Waals surface area contributed by atoms with Crippen LogP contribution in [0, 0.1) is 6.92 Å². The maximum atomic E-state index is 10.8. The summed E-state index contributed by atoms with van der Waals surface area (Å²) in [4.78, 5) is 14.8. The van der Waals surface area contributed by atoms with E-state index in [4.69, 9.17) is 15.6 Å². The van der Waals surface area contributed by atoms with Gasteiger partial charge in [-0.05, 0) is 36.8 Å². The number of aryl methyl sites for hydroxylation is 1. The molecule has 0 saturated carbocycles. The van der Waals surface area contributed by atoms with Gasteiger partial charge in [0.05, 0.1) is 18.4 Å². The zero-order chi connectivity index (χ0) is 14.7. The van der Waals surface area contributed by atoms with Crippen molar-refractivity contribution in [3.8, 4) is 5.75 Å². The molecule has 0 bridgehead atoms. The van der Waals surface area contributed by atoms with Gasteiger partial charge >= 0.3 is 5.97 Å². The second-order valence-electron chi connectivity index (χ2n) is 4.27. The summed E-state index contributed by atoms with van der Waals surface area (Å²) in [7, 11) is 1.60. The number of aromatic carboxylic acids is 1. The molecule has 0 spiro atoms. The number of benzene rings is 1. The van der Waals surface area contributed by atoms with E-state index < -0.39 is 5.97 Å². The smallest absolute Gasteiger partial charge is 0.337 e. The van der Waals surface area contributed by atoms with Gasteiger partial charge in [0.25, 0.3) is 0 Å². The predicted octanol–water partition coefficient (Wildman–Crippen LogP) is 2.42. The molecule has 0 unspecified atom stereocenters. The maximum absolute atomic E-state index is 10.8. The number of nitrogens with one attached hydrogen (secondary N) is 1. The Hall–Kier alpha value is -2.76. The van der Waals surface area contributed by atoms with Crippen LogP contribution in [0.3, 0.4) is 0 Å². The lowest BCUT2D eigenvalue weighted by Gasteiger charge is -2.12. The van der Waals surface area contributed by atoms with Crippen LogP contribution in [0.1, 0.15) is 15.9 Å². The van der Waals surface area contributed by atoms with Crippen molar-refractivity contribution < 1.29 is 14.6 Å². The van der Waals surface area contributed by atoms with Crippen LogP contribution in [-0.4, -0.2) is 23.2 Å². The van der Waals surface area contributed by atoms with Gasteiger partial charge in [-0.2, -0.15) is 0 Å². The topological polar surface area (TPSA) is 97.5 Å². The number of ether oxygens (including phenoxy) is 1. The quantitative estimate of drug-likeness (QED) is 0.791. The number of hydrogen-bond acceptors (Lipinski definition) is 5. The van der Waals surface area contributed by atoms with Gasteiger partial charge in [-0.3, -0.25) is 0 Å². The van der Waals surface area contributed by atoms with Gasteiger partial charge < -0.3 is 20.9 Å². The van der Waals surface area contributed by atoms with Crippen LogP contribution in [0.4, 0.5) is 17.2 Å². The average molecular weight is 273 g/mol. The van der Waals surface area contributed by atoms with Gasteiger partial charge in [0.15, 0.2) is 5.82 Å². The number of nitrogens with two attached hydrogens (primary N) is 1. The van der Waals surface area contributed by atoms with Crippen LogP contribution in [0.25, 0.3) is 0 Å². The summed E-state index contributed by atoms with van der Waals surface area (Å²) in [5.74, 6) is 0.120. The van der Waals surface area contributed by atoms with Crippen LogP contribution < -0.4 is 15.8 Å². The fourth-order valence-corrected chi connectivity index (χ4v) is 1.73. The lowest BCUT2D eigenvalue weighted by atomic mass is 10.2. The highest BCUT2D eigenvalue weighted by molar-refractivity contribution is 5.89. The molecule has 0 aliphatic rings. The van der Waals surface area contributed by atoms with Gasteiger partial charge in [0.2, 0.25) is 0 Å². The Morgan fingerprint density at radius 1 is 1.40 bits per heavy atom. The van der Waals surface area contributed by atoms with Crippen LogP contribution >= 0.6 is 0 Å². The van der Waals surface area contributed by atoms with E-state index in [1.165, 1.54) is 12.3 Å². The van der Waals surface area contributed by atoms with Crippen molar-refractivity contribution in [1.29, 1.82) is 0 Å². The number of hydrogen-bond donors (Lipinski definition) is 3. The van der Waals surface area contributed by atoms with E-state index in [9.17, 15) is 4.79 Å². The molecule has 4 N–H and O–H groups in total. The summed E-state index contributed by atoms with van der Waals surface area (Å²) in [5, 5.41) is 11.9. The zero-order valence-corrected chi connectivity index (χ0v) is 11.2. The molecule has 1 heterocycles. The van der Waals surface area contributed by atoms with Crippen LogP contribution in [0.5, 0.6) is 5.75 Å². The van der Waals surface area contributed by atoms with E-state index in [0.29, 0.717) is 5.82 Å². The average Bonchev–Trinajstić information content (AvgIpc) is 2.42. The lowest BCUT2D eigenvalue weighted by molar-refractivity contribution is 0.0696. The molecular formula is C14H15N3O3. The normalized spacial score (nSPS) is 10.1. The first kappa shape index (κ1) is 13.7. The lowest BCUT2D eigenvalue weighted by Crippen LogP contribution is -2.04. The van der Waals surface area contributed by atoms with E-state index >= 15 is 0 Å². The van der Waals surface area contributed by atoms with Gasteiger partial charge in [-0.25, -0.2) is 9.78 Å². The van der Waals surface area contributed by atoms with Crippen molar-refractivity contribution >= 4 is 23.2 Å². The molecule has 6 heteroatoms. The van der Waals surface area contributed by atoms with E-state index in [-0.39, 0.29) is 11.3 Å². The highest BCUT2D eigenvalue weighted by Gasteiger charge is 2.09. The monoisotopic (exact) mass is 273 g/mol. The molecule has 0 amide bonds. The molecule has 0 aliphatic carbocycles. The highest BCUT2D eigenvalue weighted by Crippen LogP contribution is 2.26. The number of nitrogens with zero attached hydrogens (tertiary/aromatic N) is 1. The molecule has 6 nitrogen and oxygen atoms in total. The number of aromatic nitrogens is 1. The Morgan fingerprint density at radius 2 is 2.15 bits per heavy atom. The summed E-state index contributed by atoms with van der Waals surface area (Å²) < 4.78 is 5.13.